The van der Waals surface area contributed by atoms with Crippen molar-refractivity contribution in [3.8, 4) is 0 Å². The van der Waals surface area contributed by atoms with Crippen LogP contribution in [0.5, 0.6) is 0 Å². The smallest absolute Gasteiger partial charge is 0.261 e. The predicted octanol–water partition coefficient (Wildman–Crippen LogP) is 4.36. The Morgan fingerprint density at radius 3 is 1.81 bits per heavy atom. The molecule has 3 rings (SSSR count). The highest BCUT2D eigenvalue weighted by Gasteiger charge is 2.54. The van der Waals surface area contributed by atoms with Crippen LogP contribution in [0.2, 0.25) is 5.04 Å². The molecule has 0 spiro atoms. The fourth-order valence-electron chi connectivity index (χ4n) is 4.85. The zero-order chi connectivity index (χ0) is 19.7. The molecule has 1 fully saturated rings. The van der Waals surface area contributed by atoms with Crippen LogP contribution in [0.3, 0.4) is 0 Å². The third-order valence-corrected chi connectivity index (χ3v) is 11.3. The van der Waals surface area contributed by atoms with Crippen LogP contribution >= 0.6 is 0 Å². The Morgan fingerprint density at radius 1 is 0.963 bits per heavy atom. The minimum atomic E-state index is -2.60. The van der Waals surface area contributed by atoms with E-state index < -0.39 is 8.32 Å². The maximum atomic E-state index is 11.0. The van der Waals surface area contributed by atoms with Crippen LogP contribution in [0, 0.1) is 11.8 Å². The first kappa shape index (κ1) is 20.3. The molecule has 0 heterocycles. The first-order valence-electron chi connectivity index (χ1n) is 10.3. The standard InChI is InChI=1S/C24H34O2Si/c1-6-19-17-18(2)23(22(19)25)26-27(24(3,4)5,20-13-9-7-10-14-20)21-15-11-8-12-16-21/h7-16,18-19,22-23,25H,6,17H2,1-5H3/t18-,19+,22-,23+/m1/s1. The molecule has 1 saturated carbocycles. The number of hydrogen-bond donors (Lipinski definition) is 1. The second-order valence-corrected chi connectivity index (χ2v) is 13.4. The Hall–Kier alpha value is -1.42. The lowest BCUT2D eigenvalue weighted by molar-refractivity contribution is 0.0161. The summed E-state index contributed by atoms with van der Waals surface area (Å²) in [4.78, 5) is 0. The van der Waals surface area contributed by atoms with Crippen molar-refractivity contribution in [2.24, 2.45) is 11.8 Å². The molecule has 2 nitrogen and oxygen atoms in total. The van der Waals surface area contributed by atoms with Crippen LogP contribution in [0.4, 0.5) is 0 Å². The lowest BCUT2D eigenvalue weighted by Gasteiger charge is -2.46. The third kappa shape index (κ3) is 3.65. The van der Waals surface area contributed by atoms with E-state index in [1.807, 2.05) is 0 Å². The highest BCUT2D eigenvalue weighted by molar-refractivity contribution is 6.99. The van der Waals surface area contributed by atoms with Crippen molar-refractivity contribution >= 4 is 18.7 Å². The molecule has 0 radical (unpaired) electrons. The van der Waals surface area contributed by atoms with Crippen molar-refractivity contribution in [1.29, 1.82) is 0 Å². The van der Waals surface area contributed by atoms with E-state index in [9.17, 15) is 5.11 Å². The molecular weight excluding hydrogens is 348 g/mol. The van der Waals surface area contributed by atoms with Crippen LogP contribution in [-0.2, 0) is 4.43 Å². The van der Waals surface area contributed by atoms with Gasteiger partial charge in [-0.05, 0) is 33.7 Å². The highest BCUT2D eigenvalue weighted by Crippen LogP contribution is 2.42. The van der Waals surface area contributed by atoms with Gasteiger partial charge in [0.15, 0.2) is 0 Å². The number of hydrogen-bond acceptors (Lipinski definition) is 2. The highest BCUT2D eigenvalue weighted by atomic mass is 28.4. The van der Waals surface area contributed by atoms with Crippen LogP contribution in [0.1, 0.15) is 47.5 Å². The second-order valence-electron chi connectivity index (χ2n) is 9.12. The van der Waals surface area contributed by atoms with Crippen molar-refractivity contribution in [3.63, 3.8) is 0 Å². The van der Waals surface area contributed by atoms with E-state index in [2.05, 4.69) is 95.3 Å². The lowest BCUT2D eigenvalue weighted by atomic mass is 10.0. The molecule has 0 aromatic heterocycles. The van der Waals surface area contributed by atoms with Crippen LogP contribution in [-0.4, -0.2) is 25.6 Å². The molecule has 0 unspecified atom stereocenters. The molecule has 0 saturated heterocycles. The Bertz CT molecular complexity index is 684. The molecule has 0 aliphatic heterocycles. The van der Waals surface area contributed by atoms with E-state index in [-0.39, 0.29) is 17.2 Å². The molecule has 1 N–H and O–H groups in total. The average molecular weight is 383 g/mol. The Labute approximate surface area is 165 Å². The van der Waals surface area contributed by atoms with Gasteiger partial charge in [-0.25, -0.2) is 0 Å². The molecule has 2 aromatic carbocycles. The molecular formula is C24H34O2Si. The lowest BCUT2D eigenvalue weighted by Crippen LogP contribution is -2.68. The predicted molar refractivity (Wildman–Crippen MR) is 116 cm³/mol. The van der Waals surface area contributed by atoms with Gasteiger partial charge in [0, 0.05) is 0 Å². The number of aliphatic hydroxyl groups excluding tert-OH is 1. The molecule has 1 aliphatic carbocycles. The van der Waals surface area contributed by atoms with E-state index in [0.717, 1.165) is 12.8 Å². The number of benzene rings is 2. The van der Waals surface area contributed by atoms with Crippen molar-refractivity contribution in [1.82, 2.24) is 0 Å². The Kier molecular flexibility index (Phi) is 5.95. The van der Waals surface area contributed by atoms with Crippen molar-refractivity contribution in [2.75, 3.05) is 0 Å². The maximum Gasteiger partial charge on any atom is 0.261 e. The topological polar surface area (TPSA) is 29.5 Å². The van der Waals surface area contributed by atoms with Gasteiger partial charge < -0.3 is 9.53 Å². The maximum absolute atomic E-state index is 11.0. The van der Waals surface area contributed by atoms with Gasteiger partial charge in [0.2, 0.25) is 0 Å². The van der Waals surface area contributed by atoms with Crippen LogP contribution < -0.4 is 10.4 Å². The van der Waals surface area contributed by atoms with Gasteiger partial charge in [0.1, 0.15) is 0 Å². The fourth-order valence-corrected chi connectivity index (χ4v) is 9.64. The molecule has 4 atom stereocenters. The SMILES string of the molecule is CC[C@H]1C[C@@H](C)[C@H](O[Si](c2ccccc2)(c2ccccc2)C(C)(C)C)[C@@H]1O. The largest absolute Gasteiger partial charge is 0.402 e. The van der Waals surface area contributed by atoms with Gasteiger partial charge in [-0.3, -0.25) is 0 Å². The van der Waals surface area contributed by atoms with Gasteiger partial charge in [-0.1, -0.05) is 102 Å². The number of rotatable bonds is 5. The quantitative estimate of drug-likeness (QED) is 0.779. The molecule has 146 valence electrons. The van der Waals surface area contributed by atoms with E-state index in [1.165, 1.54) is 10.4 Å². The van der Waals surface area contributed by atoms with Crippen molar-refractivity contribution in [3.05, 3.63) is 60.7 Å². The number of aliphatic hydroxyl groups is 1. The minimum Gasteiger partial charge on any atom is -0.402 e. The molecule has 3 heteroatoms. The first-order valence-corrected chi connectivity index (χ1v) is 12.2. The van der Waals surface area contributed by atoms with Crippen LogP contribution in [0.15, 0.2) is 60.7 Å². The van der Waals surface area contributed by atoms with Gasteiger partial charge in [0.25, 0.3) is 8.32 Å². The summed E-state index contributed by atoms with van der Waals surface area (Å²) in [5, 5.41) is 13.5. The van der Waals surface area contributed by atoms with E-state index >= 15 is 0 Å². The zero-order valence-corrected chi connectivity index (χ0v) is 18.4. The molecule has 0 amide bonds. The van der Waals surface area contributed by atoms with Gasteiger partial charge >= 0.3 is 0 Å². The summed E-state index contributed by atoms with van der Waals surface area (Å²) in [7, 11) is -2.60. The summed E-state index contributed by atoms with van der Waals surface area (Å²) in [5.74, 6) is 0.704. The Balaban J connectivity index is 2.16. The Morgan fingerprint density at radius 2 is 1.44 bits per heavy atom. The van der Waals surface area contributed by atoms with E-state index in [0.29, 0.717) is 11.8 Å². The normalized spacial score (nSPS) is 26.3. The summed E-state index contributed by atoms with van der Waals surface area (Å²) < 4.78 is 7.18. The van der Waals surface area contributed by atoms with Crippen molar-refractivity contribution < 1.29 is 9.53 Å². The monoisotopic (exact) mass is 382 g/mol. The van der Waals surface area contributed by atoms with E-state index in [1.54, 1.807) is 0 Å². The molecule has 0 bridgehead atoms. The fraction of sp³-hybridized carbons (Fsp3) is 0.500. The third-order valence-electron chi connectivity index (χ3n) is 6.31. The summed E-state index contributed by atoms with van der Waals surface area (Å²) in [6, 6.07) is 21.4. The average Bonchev–Trinajstić information content (AvgIpc) is 2.93. The summed E-state index contributed by atoms with van der Waals surface area (Å²) in [6.07, 6.45) is 1.56. The summed E-state index contributed by atoms with van der Waals surface area (Å²) in [6.45, 7) is 11.3. The molecule has 2 aromatic rings. The van der Waals surface area contributed by atoms with Gasteiger partial charge in [0.05, 0.1) is 12.2 Å². The zero-order valence-electron chi connectivity index (χ0n) is 17.4. The first-order chi connectivity index (χ1) is 12.8. The second kappa shape index (κ2) is 7.90. The van der Waals surface area contributed by atoms with Crippen LogP contribution in [0.25, 0.3) is 0 Å². The summed E-state index contributed by atoms with van der Waals surface area (Å²) in [5.41, 5.74) is 0. The minimum absolute atomic E-state index is 0.0561. The van der Waals surface area contributed by atoms with Gasteiger partial charge in [-0.2, -0.15) is 0 Å². The summed E-state index contributed by atoms with van der Waals surface area (Å²) >= 11 is 0. The molecule has 1 aliphatic rings. The van der Waals surface area contributed by atoms with Gasteiger partial charge in [-0.15, -0.1) is 0 Å². The van der Waals surface area contributed by atoms with E-state index in [4.69, 9.17) is 4.43 Å². The van der Waals surface area contributed by atoms with Crippen molar-refractivity contribution in [2.45, 2.75) is 64.7 Å². The molecule has 27 heavy (non-hydrogen) atoms.